The number of nitrogens with two attached hydrogens (primary N) is 1. The van der Waals surface area contributed by atoms with Gasteiger partial charge >= 0.3 is 0 Å². The zero-order valence-electron chi connectivity index (χ0n) is 12.1. The minimum Gasteiger partial charge on any atom is -0.327 e. The topological polar surface area (TPSA) is 26.0 Å². The lowest BCUT2D eigenvalue weighted by atomic mass is 9.71. The highest BCUT2D eigenvalue weighted by molar-refractivity contribution is 7.10. The first kappa shape index (κ1) is 13.6. The Morgan fingerprint density at radius 2 is 2.05 bits per heavy atom. The number of rotatable bonds is 3. The van der Waals surface area contributed by atoms with E-state index < -0.39 is 0 Å². The van der Waals surface area contributed by atoms with Crippen molar-refractivity contribution in [2.24, 2.45) is 17.6 Å². The lowest BCUT2D eigenvalue weighted by Crippen LogP contribution is -2.39. The van der Waals surface area contributed by atoms with Gasteiger partial charge in [-0.25, -0.2) is 0 Å². The molecule has 0 spiro atoms. The first-order valence-corrected chi connectivity index (χ1v) is 8.99. The van der Waals surface area contributed by atoms with Gasteiger partial charge in [0.05, 0.1) is 0 Å². The van der Waals surface area contributed by atoms with Crippen LogP contribution in [0.4, 0.5) is 0 Å². The Bertz CT molecular complexity index is 403. The van der Waals surface area contributed by atoms with Gasteiger partial charge in [-0.3, -0.25) is 0 Å². The smallest absolute Gasteiger partial charge is 0.0137 e. The summed E-state index contributed by atoms with van der Waals surface area (Å²) in [5, 5.41) is 2.27. The van der Waals surface area contributed by atoms with Crippen LogP contribution in [0, 0.1) is 11.8 Å². The molecule has 3 rings (SSSR count). The predicted molar refractivity (Wildman–Crippen MR) is 83.7 cm³/mol. The van der Waals surface area contributed by atoms with Gasteiger partial charge in [0, 0.05) is 16.8 Å². The van der Waals surface area contributed by atoms with Gasteiger partial charge in [0.1, 0.15) is 0 Å². The molecule has 2 atom stereocenters. The van der Waals surface area contributed by atoms with E-state index in [-0.39, 0.29) is 0 Å². The molecule has 0 radical (unpaired) electrons. The van der Waals surface area contributed by atoms with Crippen molar-refractivity contribution in [2.75, 3.05) is 0 Å². The summed E-state index contributed by atoms with van der Waals surface area (Å²) in [6, 6.07) is 2.76. The molecule has 0 amide bonds. The van der Waals surface area contributed by atoms with Crippen molar-refractivity contribution in [3.05, 3.63) is 21.9 Å². The number of fused-ring (bicyclic) bond motifs is 1. The fourth-order valence-corrected chi connectivity index (χ4v) is 5.23. The highest BCUT2D eigenvalue weighted by atomic mass is 32.1. The Kier molecular flexibility index (Phi) is 4.28. The molecule has 2 N–H and O–H groups in total. The lowest BCUT2D eigenvalue weighted by Gasteiger charge is -2.37. The van der Waals surface area contributed by atoms with Crippen molar-refractivity contribution in [2.45, 2.75) is 70.3 Å². The van der Waals surface area contributed by atoms with Crippen LogP contribution in [0.5, 0.6) is 0 Å². The van der Waals surface area contributed by atoms with E-state index in [9.17, 15) is 0 Å². The SMILES string of the molecule is CCC1CCC(C(N)C2CCCc3sccc32)CC1. The van der Waals surface area contributed by atoms with Gasteiger partial charge in [0.15, 0.2) is 0 Å². The Morgan fingerprint density at radius 1 is 1.26 bits per heavy atom. The van der Waals surface area contributed by atoms with E-state index in [1.165, 1.54) is 51.4 Å². The molecule has 1 nitrogen and oxygen atoms in total. The van der Waals surface area contributed by atoms with E-state index in [4.69, 9.17) is 5.73 Å². The molecule has 1 saturated carbocycles. The summed E-state index contributed by atoms with van der Waals surface area (Å²) >= 11 is 1.94. The fraction of sp³-hybridized carbons (Fsp3) is 0.765. The van der Waals surface area contributed by atoms with Crippen LogP contribution in [0.3, 0.4) is 0 Å². The summed E-state index contributed by atoms with van der Waals surface area (Å²) in [5.74, 6) is 2.41. The zero-order chi connectivity index (χ0) is 13.2. The molecule has 2 aliphatic carbocycles. The molecule has 2 unspecified atom stereocenters. The van der Waals surface area contributed by atoms with E-state index in [1.54, 1.807) is 10.4 Å². The van der Waals surface area contributed by atoms with E-state index in [1.807, 2.05) is 11.3 Å². The van der Waals surface area contributed by atoms with E-state index in [2.05, 4.69) is 18.4 Å². The van der Waals surface area contributed by atoms with Crippen molar-refractivity contribution >= 4 is 11.3 Å². The Morgan fingerprint density at radius 3 is 2.79 bits per heavy atom. The monoisotopic (exact) mass is 277 g/mol. The first-order chi connectivity index (χ1) is 9.29. The fourth-order valence-electron chi connectivity index (χ4n) is 4.23. The molecular weight excluding hydrogens is 250 g/mol. The van der Waals surface area contributed by atoms with Gasteiger partial charge < -0.3 is 5.73 Å². The highest BCUT2D eigenvalue weighted by Crippen LogP contribution is 2.41. The van der Waals surface area contributed by atoms with E-state index >= 15 is 0 Å². The van der Waals surface area contributed by atoms with Crippen LogP contribution in [-0.4, -0.2) is 6.04 Å². The van der Waals surface area contributed by atoms with Crippen LogP contribution in [0.15, 0.2) is 11.4 Å². The Balaban J connectivity index is 1.67. The second kappa shape index (κ2) is 5.97. The molecule has 0 aromatic carbocycles. The van der Waals surface area contributed by atoms with Crippen molar-refractivity contribution in [3.8, 4) is 0 Å². The quantitative estimate of drug-likeness (QED) is 0.850. The number of hydrogen-bond acceptors (Lipinski definition) is 2. The summed E-state index contributed by atoms with van der Waals surface area (Å²) in [7, 11) is 0. The van der Waals surface area contributed by atoms with E-state index in [0.717, 1.165) is 11.8 Å². The molecular formula is C17H27NS. The third-order valence-corrected chi connectivity index (χ3v) is 6.57. The average molecular weight is 277 g/mol. The highest BCUT2D eigenvalue weighted by Gasteiger charge is 2.33. The van der Waals surface area contributed by atoms with Crippen LogP contribution in [0.25, 0.3) is 0 Å². The van der Waals surface area contributed by atoms with Crippen molar-refractivity contribution < 1.29 is 0 Å². The van der Waals surface area contributed by atoms with Crippen molar-refractivity contribution in [3.63, 3.8) is 0 Å². The molecule has 1 heterocycles. The minimum atomic E-state index is 0.409. The van der Waals surface area contributed by atoms with Crippen molar-refractivity contribution in [1.82, 2.24) is 0 Å². The van der Waals surface area contributed by atoms with Gasteiger partial charge in [-0.05, 0) is 60.9 Å². The lowest BCUT2D eigenvalue weighted by molar-refractivity contribution is 0.217. The third kappa shape index (κ3) is 2.75. The van der Waals surface area contributed by atoms with Crippen LogP contribution >= 0.6 is 11.3 Å². The summed E-state index contributed by atoms with van der Waals surface area (Å²) in [4.78, 5) is 1.62. The molecule has 19 heavy (non-hydrogen) atoms. The predicted octanol–water partition coefficient (Wildman–Crippen LogP) is 4.71. The molecule has 0 aliphatic heterocycles. The molecule has 1 aromatic rings. The zero-order valence-corrected chi connectivity index (χ0v) is 12.9. The maximum atomic E-state index is 6.69. The standard InChI is InChI=1S/C17H27NS/c1-2-12-6-8-13(9-7-12)17(18)15-4-3-5-16-14(15)10-11-19-16/h10-13,15,17H,2-9,18H2,1H3. The molecule has 1 aromatic heterocycles. The molecule has 0 saturated heterocycles. The van der Waals surface area contributed by atoms with Crippen molar-refractivity contribution in [1.29, 1.82) is 0 Å². The van der Waals surface area contributed by atoms with Gasteiger partial charge in [0.25, 0.3) is 0 Å². The first-order valence-electron chi connectivity index (χ1n) is 8.11. The molecule has 2 aliphatic rings. The van der Waals surface area contributed by atoms with Crippen LogP contribution < -0.4 is 5.73 Å². The second-order valence-electron chi connectivity index (χ2n) is 6.56. The molecule has 106 valence electrons. The molecule has 0 bridgehead atoms. The average Bonchev–Trinajstić information content (AvgIpc) is 2.95. The largest absolute Gasteiger partial charge is 0.327 e. The van der Waals surface area contributed by atoms with E-state index in [0.29, 0.717) is 12.0 Å². The maximum Gasteiger partial charge on any atom is 0.0137 e. The number of hydrogen-bond donors (Lipinski definition) is 1. The van der Waals surface area contributed by atoms with Crippen LogP contribution in [0.2, 0.25) is 0 Å². The Hall–Kier alpha value is -0.340. The van der Waals surface area contributed by atoms with Gasteiger partial charge in [-0.15, -0.1) is 11.3 Å². The summed E-state index contributed by atoms with van der Waals surface area (Å²) in [5.41, 5.74) is 8.29. The van der Waals surface area contributed by atoms with Gasteiger partial charge in [-0.2, -0.15) is 0 Å². The van der Waals surface area contributed by atoms with Crippen LogP contribution in [-0.2, 0) is 6.42 Å². The summed E-state index contributed by atoms with van der Waals surface area (Å²) in [6.45, 7) is 2.34. The molecule has 2 heteroatoms. The number of aryl methyl sites for hydroxylation is 1. The van der Waals surface area contributed by atoms with Gasteiger partial charge in [0.2, 0.25) is 0 Å². The minimum absolute atomic E-state index is 0.409. The van der Waals surface area contributed by atoms with Gasteiger partial charge in [-0.1, -0.05) is 26.2 Å². The Labute approximate surface area is 121 Å². The second-order valence-corrected chi connectivity index (χ2v) is 7.56. The van der Waals surface area contributed by atoms with Crippen LogP contribution in [0.1, 0.15) is 68.2 Å². The normalized spacial score (nSPS) is 32.8. The summed E-state index contributed by atoms with van der Waals surface area (Å²) in [6.07, 6.45) is 10.9. The number of thiophene rings is 1. The maximum absolute atomic E-state index is 6.69. The summed E-state index contributed by atoms with van der Waals surface area (Å²) < 4.78 is 0. The third-order valence-electron chi connectivity index (χ3n) is 5.58. The molecule has 1 fully saturated rings.